The molecular weight excluding hydrogens is 396 g/mol. The van der Waals surface area contributed by atoms with Gasteiger partial charge in [0, 0.05) is 41.9 Å². The first kappa shape index (κ1) is 20.2. The topological polar surface area (TPSA) is 108 Å². The zero-order valence-corrected chi connectivity index (χ0v) is 16.9. The molecule has 0 spiro atoms. The van der Waals surface area contributed by atoms with E-state index in [2.05, 4.69) is 15.8 Å². The Morgan fingerprint density at radius 1 is 1.29 bits per heavy atom. The Labute approximate surface area is 178 Å². The second kappa shape index (κ2) is 8.32. The number of benzene rings is 1. The first-order chi connectivity index (χ1) is 15.0. The number of ether oxygens (including phenoxy) is 1. The van der Waals surface area contributed by atoms with E-state index in [4.69, 9.17) is 0 Å². The molecule has 1 N–H and O–H groups in total. The van der Waals surface area contributed by atoms with Crippen molar-refractivity contribution in [2.45, 2.75) is 13.0 Å². The van der Waals surface area contributed by atoms with Gasteiger partial charge in [0.1, 0.15) is 18.2 Å². The summed E-state index contributed by atoms with van der Waals surface area (Å²) < 4.78 is 5.75. The van der Waals surface area contributed by atoms with E-state index in [1.54, 1.807) is 11.0 Å². The summed E-state index contributed by atoms with van der Waals surface area (Å²) in [6.07, 6.45) is 5.94. The third kappa shape index (κ3) is 3.85. The number of aromatic amines is 1. The molecular formula is C23H20N4O4. The maximum absolute atomic E-state index is 12.8. The molecule has 0 saturated carbocycles. The number of pyridine rings is 1. The van der Waals surface area contributed by atoms with Crippen LogP contribution in [0.25, 0.3) is 16.5 Å². The molecule has 2 aromatic heterocycles. The number of methoxy groups -OCH3 is 1. The molecule has 1 aliphatic heterocycles. The smallest absolute Gasteiger partial charge is 0.339 e. The number of fused-ring (bicyclic) bond motifs is 1. The zero-order valence-electron chi connectivity index (χ0n) is 16.9. The van der Waals surface area contributed by atoms with Crippen molar-refractivity contribution in [3.63, 3.8) is 0 Å². The largest absolute Gasteiger partial charge is 0.465 e. The molecule has 3 heterocycles. The fraction of sp³-hybridized carbons (Fsp3) is 0.217. The minimum absolute atomic E-state index is 0.0478. The van der Waals surface area contributed by atoms with Crippen molar-refractivity contribution in [1.29, 1.82) is 5.26 Å². The number of amides is 1. The highest BCUT2D eigenvalue weighted by Crippen LogP contribution is 2.29. The normalized spacial score (nSPS) is 13.5. The first-order valence-corrected chi connectivity index (χ1v) is 9.78. The fourth-order valence-corrected chi connectivity index (χ4v) is 3.79. The number of carbonyl (C=O) groups excluding carboxylic acids is 2. The number of rotatable bonds is 4. The summed E-state index contributed by atoms with van der Waals surface area (Å²) in [7, 11) is 1.21. The van der Waals surface area contributed by atoms with Crippen molar-refractivity contribution in [2.75, 3.05) is 20.2 Å². The van der Waals surface area contributed by atoms with Gasteiger partial charge in [0.15, 0.2) is 0 Å². The molecule has 4 rings (SSSR count). The highest BCUT2D eigenvalue weighted by Gasteiger charge is 2.21. The number of hydrogen-bond acceptors (Lipinski definition) is 5. The standard InChI is InChI=1S/C23H20N4O4/c1-31-23(30)17-10-16(11-24)22(29)27(13-17)14-21(28)26-8-6-15(7-9-26)19-12-25-20-5-3-2-4-18(19)20/h2-6,10,12-13,25H,7-9,14H2,1H3. The number of nitriles is 1. The van der Waals surface area contributed by atoms with Gasteiger partial charge in [-0.15, -0.1) is 0 Å². The summed E-state index contributed by atoms with van der Waals surface area (Å²) in [5, 5.41) is 10.3. The highest BCUT2D eigenvalue weighted by molar-refractivity contribution is 5.93. The summed E-state index contributed by atoms with van der Waals surface area (Å²) in [4.78, 5) is 42.0. The lowest BCUT2D eigenvalue weighted by atomic mass is 9.99. The van der Waals surface area contributed by atoms with Gasteiger partial charge in [0.05, 0.1) is 12.7 Å². The molecule has 1 amide bonds. The van der Waals surface area contributed by atoms with Crippen LogP contribution in [-0.4, -0.2) is 46.5 Å². The highest BCUT2D eigenvalue weighted by atomic mass is 16.5. The molecule has 0 bridgehead atoms. The van der Waals surface area contributed by atoms with Crippen LogP contribution in [0.3, 0.4) is 0 Å². The molecule has 0 aliphatic carbocycles. The number of para-hydroxylation sites is 1. The second-order valence-corrected chi connectivity index (χ2v) is 7.25. The number of H-pyrrole nitrogens is 1. The third-order valence-corrected chi connectivity index (χ3v) is 5.43. The number of carbonyl (C=O) groups is 2. The Kier molecular flexibility index (Phi) is 5.41. The van der Waals surface area contributed by atoms with Crippen LogP contribution in [0.4, 0.5) is 0 Å². The van der Waals surface area contributed by atoms with Crippen LogP contribution in [-0.2, 0) is 16.1 Å². The Balaban J connectivity index is 1.53. The van der Waals surface area contributed by atoms with E-state index in [-0.39, 0.29) is 23.6 Å². The molecule has 156 valence electrons. The molecule has 0 radical (unpaired) electrons. The van der Waals surface area contributed by atoms with Crippen molar-refractivity contribution in [3.05, 3.63) is 75.8 Å². The Bertz CT molecular complexity index is 1310. The molecule has 1 aliphatic rings. The molecule has 3 aromatic rings. The minimum Gasteiger partial charge on any atom is -0.465 e. The lowest BCUT2D eigenvalue weighted by molar-refractivity contribution is -0.131. The lowest BCUT2D eigenvalue weighted by Crippen LogP contribution is -2.39. The van der Waals surface area contributed by atoms with E-state index < -0.39 is 11.5 Å². The summed E-state index contributed by atoms with van der Waals surface area (Å²) in [5.74, 6) is -0.941. The average molecular weight is 416 g/mol. The number of nitrogens with zero attached hydrogens (tertiary/aromatic N) is 3. The number of hydrogen-bond donors (Lipinski definition) is 1. The molecule has 8 heteroatoms. The van der Waals surface area contributed by atoms with Crippen LogP contribution in [0.2, 0.25) is 0 Å². The summed E-state index contributed by atoms with van der Waals surface area (Å²) in [6.45, 7) is 0.680. The van der Waals surface area contributed by atoms with Crippen molar-refractivity contribution in [1.82, 2.24) is 14.5 Å². The number of nitrogens with one attached hydrogen (secondary N) is 1. The van der Waals surface area contributed by atoms with Crippen LogP contribution in [0.5, 0.6) is 0 Å². The van der Waals surface area contributed by atoms with E-state index >= 15 is 0 Å². The third-order valence-electron chi connectivity index (χ3n) is 5.43. The lowest BCUT2D eigenvalue weighted by Gasteiger charge is -2.27. The molecule has 0 unspecified atom stereocenters. The average Bonchev–Trinajstić information content (AvgIpc) is 3.24. The molecule has 0 fully saturated rings. The van der Waals surface area contributed by atoms with Gasteiger partial charge >= 0.3 is 5.97 Å². The van der Waals surface area contributed by atoms with Crippen LogP contribution in [0, 0.1) is 11.3 Å². The van der Waals surface area contributed by atoms with Gasteiger partial charge in [-0.3, -0.25) is 9.59 Å². The molecule has 8 nitrogen and oxygen atoms in total. The van der Waals surface area contributed by atoms with Gasteiger partial charge in [-0.25, -0.2) is 4.79 Å². The van der Waals surface area contributed by atoms with E-state index in [0.717, 1.165) is 26.6 Å². The summed E-state index contributed by atoms with van der Waals surface area (Å²) >= 11 is 0. The van der Waals surface area contributed by atoms with E-state index in [0.29, 0.717) is 19.5 Å². The minimum atomic E-state index is -0.679. The molecule has 0 saturated heterocycles. The van der Waals surface area contributed by atoms with Crippen molar-refractivity contribution in [3.8, 4) is 6.07 Å². The van der Waals surface area contributed by atoms with Crippen LogP contribution >= 0.6 is 0 Å². The monoisotopic (exact) mass is 416 g/mol. The SMILES string of the molecule is COC(=O)c1cc(C#N)c(=O)n(CC(=O)N2CC=C(c3c[nH]c4ccccc34)CC2)c1. The van der Waals surface area contributed by atoms with Crippen LogP contribution in [0.1, 0.15) is 27.9 Å². The van der Waals surface area contributed by atoms with Crippen molar-refractivity contribution in [2.24, 2.45) is 0 Å². The van der Waals surface area contributed by atoms with E-state index in [9.17, 15) is 19.6 Å². The quantitative estimate of drug-likeness (QED) is 0.657. The molecule has 1 aromatic carbocycles. The Morgan fingerprint density at radius 2 is 2.10 bits per heavy atom. The van der Waals surface area contributed by atoms with Crippen molar-refractivity contribution >= 4 is 28.4 Å². The first-order valence-electron chi connectivity index (χ1n) is 9.78. The molecule has 0 atom stereocenters. The number of esters is 1. The van der Waals surface area contributed by atoms with E-state index in [1.165, 1.54) is 19.4 Å². The van der Waals surface area contributed by atoms with Crippen LogP contribution in [0.15, 0.2) is 53.6 Å². The van der Waals surface area contributed by atoms with Gasteiger partial charge in [0.2, 0.25) is 5.91 Å². The Morgan fingerprint density at radius 3 is 2.81 bits per heavy atom. The molecule has 31 heavy (non-hydrogen) atoms. The maximum Gasteiger partial charge on any atom is 0.339 e. The maximum atomic E-state index is 12.8. The van der Waals surface area contributed by atoms with Gasteiger partial charge in [0.25, 0.3) is 5.56 Å². The van der Waals surface area contributed by atoms with Gasteiger partial charge in [-0.2, -0.15) is 5.26 Å². The predicted molar refractivity (Wildman–Crippen MR) is 114 cm³/mol. The second-order valence-electron chi connectivity index (χ2n) is 7.25. The van der Waals surface area contributed by atoms with E-state index in [1.807, 2.05) is 30.5 Å². The number of aromatic nitrogens is 2. The summed E-state index contributed by atoms with van der Waals surface area (Å²) in [5.41, 5.74) is 2.58. The van der Waals surface area contributed by atoms with Gasteiger partial charge < -0.3 is 19.2 Å². The predicted octanol–water partition coefficient (Wildman–Crippen LogP) is 2.30. The van der Waals surface area contributed by atoms with Gasteiger partial charge in [-0.05, 0) is 24.1 Å². The zero-order chi connectivity index (χ0) is 22.0. The fourth-order valence-electron chi connectivity index (χ4n) is 3.79. The Hall–Kier alpha value is -4.12. The van der Waals surface area contributed by atoms with Crippen LogP contribution < -0.4 is 5.56 Å². The van der Waals surface area contributed by atoms with Gasteiger partial charge in [-0.1, -0.05) is 24.3 Å². The van der Waals surface area contributed by atoms with Crippen molar-refractivity contribution < 1.29 is 14.3 Å². The summed E-state index contributed by atoms with van der Waals surface area (Å²) in [6, 6.07) is 11.0.